The van der Waals surface area contributed by atoms with Gasteiger partial charge in [0.25, 0.3) is 0 Å². The first-order chi connectivity index (χ1) is 21.3. The number of hydrogen-bond donors (Lipinski definition) is 1. The van der Waals surface area contributed by atoms with Gasteiger partial charge >= 0.3 is 0 Å². The molecule has 10 rings (SSSR count). The molecule has 8 aromatic rings. The number of aromatic nitrogens is 1. The Kier molecular flexibility index (Phi) is 4.55. The van der Waals surface area contributed by atoms with Crippen LogP contribution >= 0.6 is 0 Å². The second-order valence-corrected chi connectivity index (χ2v) is 12.0. The monoisotopic (exact) mass is 552 g/mol. The van der Waals surface area contributed by atoms with Gasteiger partial charge in [-0.05, 0) is 58.2 Å². The number of nitrogens with one attached hydrogen (secondary N) is 1. The zero-order chi connectivity index (χ0) is 28.2. The molecule has 2 aliphatic rings. The van der Waals surface area contributed by atoms with E-state index in [1.54, 1.807) is 0 Å². The van der Waals surface area contributed by atoms with E-state index in [4.69, 9.17) is 4.42 Å². The van der Waals surface area contributed by atoms with E-state index >= 15 is 0 Å². The Morgan fingerprint density at radius 1 is 0.767 bits per heavy atom. The van der Waals surface area contributed by atoms with E-state index in [9.17, 15) is 0 Å². The number of hydrogen-bond acceptors (Lipinski definition) is 2. The van der Waals surface area contributed by atoms with Gasteiger partial charge in [0.2, 0.25) is 0 Å². The Morgan fingerprint density at radius 3 is 2.53 bits per heavy atom. The highest BCUT2D eigenvalue weighted by Gasteiger charge is 2.29. The van der Waals surface area contributed by atoms with Gasteiger partial charge in [-0.15, -0.1) is 0 Å². The van der Waals surface area contributed by atoms with Crippen LogP contribution in [0.1, 0.15) is 19.0 Å². The Balaban J connectivity index is 1.33. The minimum Gasteiger partial charge on any atom is -0.456 e. The van der Waals surface area contributed by atoms with Crippen molar-refractivity contribution in [3.63, 3.8) is 0 Å². The van der Waals surface area contributed by atoms with Gasteiger partial charge in [0.1, 0.15) is 11.2 Å². The fourth-order valence-corrected chi connectivity index (χ4v) is 7.92. The number of allylic oxidation sites excluding steroid dienone is 3. The molecule has 5 aromatic carbocycles. The second-order valence-electron chi connectivity index (χ2n) is 12.0. The first kappa shape index (κ1) is 23.3. The molecular formula is C40H28N2O. The van der Waals surface area contributed by atoms with Gasteiger partial charge < -0.3 is 14.1 Å². The van der Waals surface area contributed by atoms with Crippen molar-refractivity contribution in [1.29, 1.82) is 0 Å². The zero-order valence-corrected chi connectivity index (χ0v) is 23.8. The summed E-state index contributed by atoms with van der Waals surface area (Å²) >= 11 is 0. The summed E-state index contributed by atoms with van der Waals surface area (Å²) < 4.78 is 9.12. The van der Waals surface area contributed by atoms with Gasteiger partial charge in [-0.1, -0.05) is 104 Å². The van der Waals surface area contributed by atoms with Crippen molar-refractivity contribution in [2.45, 2.75) is 25.8 Å². The van der Waals surface area contributed by atoms with Gasteiger partial charge in [0.05, 0.1) is 33.8 Å². The third-order valence-corrected chi connectivity index (χ3v) is 9.85. The summed E-state index contributed by atoms with van der Waals surface area (Å²) in [5.41, 5.74) is 12.4. The topological polar surface area (TPSA) is 29.6 Å². The van der Waals surface area contributed by atoms with Crippen LogP contribution in [0.5, 0.6) is 0 Å². The summed E-state index contributed by atoms with van der Waals surface area (Å²) in [6, 6.07) is 33.3. The average molecular weight is 553 g/mol. The molecule has 0 spiro atoms. The summed E-state index contributed by atoms with van der Waals surface area (Å²) in [7, 11) is 0. The highest BCUT2D eigenvalue weighted by atomic mass is 16.3. The van der Waals surface area contributed by atoms with E-state index in [2.05, 4.69) is 132 Å². The maximum atomic E-state index is 6.56. The van der Waals surface area contributed by atoms with Crippen LogP contribution in [0, 0.1) is 0 Å². The predicted octanol–water partition coefficient (Wildman–Crippen LogP) is 10.6. The van der Waals surface area contributed by atoms with Crippen LogP contribution in [0.2, 0.25) is 0 Å². The molecule has 3 heteroatoms. The van der Waals surface area contributed by atoms with Crippen LogP contribution in [0.3, 0.4) is 0 Å². The fraction of sp³-hybridized carbons (Fsp3) is 0.100. The van der Waals surface area contributed by atoms with Crippen molar-refractivity contribution in [3.8, 4) is 11.1 Å². The molecule has 1 N–H and O–H groups in total. The summed E-state index contributed by atoms with van der Waals surface area (Å²) in [5.74, 6) is 0. The number of benzene rings is 5. The van der Waals surface area contributed by atoms with Gasteiger partial charge in [0, 0.05) is 28.0 Å². The molecule has 0 radical (unpaired) electrons. The lowest BCUT2D eigenvalue weighted by molar-refractivity contribution is 0.669. The average Bonchev–Trinajstić information content (AvgIpc) is 3.65. The van der Waals surface area contributed by atoms with Crippen molar-refractivity contribution in [1.82, 2.24) is 4.40 Å². The Morgan fingerprint density at radius 2 is 1.58 bits per heavy atom. The lowest BCUT2D eigenvalue weighted by Crippen LogP contribution is -2.20. The Bertz CT molecular complexity index is 2550. The molecule has 0 bridgehead atoms. The molecule has 1 atom stereocenters. The van der Waals surface area contributed by atoms with Crippen molar-refractivity contribution in [3.05, 3.63) is 132 Å². The minimum absolute atomic E-state index is 0.191. The quantitative estimate of drug-likeness (QED) is 0.231. The number of furan rings is 1. The van der Waals surface area contributed by atoms with Crippen LogP contribution in [0.15, 0.2) is 131 Å². The second kappa shape index (κ2) is 8.39. The molecule has 43 heavy (non-hydrogen) atoms. The van der Waals surface area contributed by atoms with Crippen molar-refractivity contribution in [2.75, 3.05) is 5.32 Å². The predicted molar refractivity (Wildman–Crippen MR) is 181 cm³/mol. The Hall–Kier alpha value is -5.28. The molecule has 0 saturated heterocycles. The number of rotatable bonds is 2. The van der Waals surface area contributed by atoms with Crippen LogP contribution in [-0.2, 0) is 6.42 Å². The van der Waals surface area contributed by atoms with E-state index < -0.39 is 0 Å². The SMILES string of the molecule is CCC1=C2C=CC=CC2Nc2c(n3c4c2cccc4c2ccc4oc5ccc(-c6cccc7ccccc67)cc5c4c23)C1. The highest BCUT2D eigenvalue weighted by molar-refractivity contribution is 6.27. The van der Waals surface area contributed by atoms with E-state index in [-0.39, 0.29) is 6.04 Å². The van der Waals surface area contributed by atoms with Crippen LogP contribution in [0.4, 0.5) is 5.69 Å². The number of fused-ring (bicyclic) bond motifs is 12. The Labute approximate surface area is 248 Å². The number of para-hydroxylation sites is 1. The van der Waals surface area contributed by atoms with Gasteiger partial charge in [0.15, 0.2) is 0 Å². The van der Waals surface area contributed by atoms with Crippen molar-refractivity contribution < 1.29 is 4.42 Å². The maximum absolute atomic E-state index is 6.56. The molecule has 1 unspecified atom stereocenters. The molecule has 3 aromatic heterocycles. The zero-order valence-electron chi connectivity index (χ0n) is 23.8. The van der Waals surface area contributed by atoms with Gasteiger partial charge in [-0.25, -0.2) is 0 Å². The molecular weight excluding hydrogens is 524 g/mol. The number of nitrogens with zero attached hydrogens (tertiary/aromatic N) is 1. The van der Waals surface area contributed by atoms with E-state index in [1.807, 2.05) is 0 Å². The van der Waals surface area contributed by atoms with Crippen LogP contribution in [-0.4, -0.2) is 10.4 Å². The molecule has 4 heterocycles. The molecule has 3 nitrogen and oxygen atoms in total. The van der Waals surface area contributed by atoms with E-state index in [1.165, 1.54) is 77.0 Å². The largest absolute Gasteiger partial charge is 0.456 e. The van der Waals surface area contributed by atoms with E-state index in [0.29, 0.717) is 0 Å². The summed E-state index contributed by atoms with van der Waals surface area (Å²) in [5, 5.41) is 12.7. The maximum Gasteiger partial charge on any atom is 0.137 e. The molecule has 0 saturated carbocycles. The summed E-state index contributed by atoms with van der Waals surface area (Å²) in [4.78, 5) is 0. The number of anilines is 1. The summed E-state index contributed by atoms with van der Waals surface area (Å²) in [6.07, 6.45) is 10.9. The van der Waals surface area contributed by atoms with Crippen molar-refractivity contribution in [2.24, 2.45) is 0 Å². The van der Waals surface area contributed by atoms with Gasteiger partial charge in [-0.3, -0.25) is 0 Å². The molecule has 0 amide bonds. The normalized spacial score (nSPS) is 16.6. The molecule has 1 aliphatic heterocycles. The van der Waals surface area contributed by atoms with Crippen molar-refractivity contribution >= 4 is 65.6 Å². The van der Waals surface area contributed by atoms with Crippen LogP contribution < -0.4 is 5.32 Å². The minimum atomic E-state index is 0.191. The lowest BCUT2D eigenvalue weighted by atomic mass is 9.94. The highest BCUT2D eigenvalue weighted by Crippen LogP contribution is 2.47. The molecule has 204 valence electrons. The van der Waals surface area contributed by atoms with Gasteiger partial charge in [-0.2, -0.15) is 0 Å². The third kappa shape index (κ3) is 3.04. The first-order valence-electron chi connectivity index (χ1n) is 15.3. The lowest BCUT2D eigenvalue weighted by Gasteiger charge is -2.20. The fourth-order valence-electron chi connectivity index (χ4n) is 7.92. The summed E-state index contributed by atoms with van der Waals surface area (Å²) in [6.45, 7) is 2.29. The smallest absolute Gasteiger partial charge is 0.137 e. The first-order valence-corrected chi connectivity index (χ1v) is 15.3. The standard InChI is InChI=1S/C40H28N2O/c1-2-23-22-34-38(41-33-16-6-5-12-28(23)33)31-15-8-14-29-30-18-20-36-37(40(30)42(34)39(29)31)32-21-25(17-19-35(32)43-36)27-13-7-10-24-9-3-4-11-26(24)27/h3-21,33,41H,2,22H2,1H3. The van der Waals surface area contributed by atoms with Crippen LogP contribution in [0.25, 0.3) is 71.0 Å². The van der Waals surface area contributed by atoms with E-state index in [0.717, 1.165) is 29.4 Å². The third-order valence-electron chi connectivity index (χ3n) is 9.85. The molecule has 1 aliphatic carbocycles. The molecule has 0 fully saturated rings.